The van der Waals surface area contributed by atoms with Crippen molar-refractivity contribution in [2.45, 2.75) is 208 Å². The maximum absolute atomic E-state index is 15.0. The molecule has 0 bridgehead atoms. The van der Waals surface area contributed by atoms with Crippen LogP contribution in [-0.4, -0.2) is 268 Å². The first kappa shape index (κ1) is 110. The number of H-pyrrole nitrogens is 4. The number of aryl methyl sites for hydroxylation is 3. The maximum Gasteiger partial charge on any atom is 0.386 e. The summed E-state index contributed by atoms with van der Waals surface area (Å²) < 4.78 is 153. The molecule has 62 nitrogen and oxygen atoms in total. The predicted octanol–water partition coefficient (Wildman–Crippen LogP) is 1.33. The smallest absolute Gasteiger partial charge is 0.383 e. The average molecular weight is 2340 g/mol. The first-order valence-electron chi connectivity index (χ1n) is 44.3. The van der Waals surface area contributed by atoms with E-state index in [0.717, 1.165) is 22.6 Å². The number of nitrogen functional groups attached to an aromatic ring is 5. The van der Waals surface area contributed by atoms with Crippen molar-refractivity contribution in [1.29, 1.82) is 0 Å². The molecule has 148 heavy (non-hydrogen) atoms. The molecule has 20 N–H and O–H groups in total. The molecule has 0 amide bonds. The van der Waals surface area contributed by atoms with E-state index >= 15 is 4.57 Å². The number of fused-ring (bicyclic) bond motifs is 4. The van der Waals surface area contributed by atoms with Gasteiger partial charge in [0.05, 0.1) is 108 Å². The van der Waals surface area contributed by atoms with Gasteiger partial charge < -0.3 is 145 Å². The third-order valence-corrected chi connectivity index (χ3v) is 35.8. The van der Waals surface area contributed by atoms with Gasteiger partial charge in [-0.15, -0.1) is 0 Å². The number of rotatable bonds is 41. The Bertz CT molecular complexity index is 7740. The number of anilines is 5. The highest BCUT2D eigenvalue weighted by Gasteiger charge is 2.52. The van der Waals surface area contributed by atoms with Crippen LogP contribution in [0.5, 0.6) is 0 Å². The van der Waals surface area contributed by atoms with Gasteiger partial charge in [0.2, 0.25) is 11.9 Å². The fourth-order valence-corrected chi connectivity index (χ4v) is 27.3. The Hall–Kier alpha value is -7.56. The summed E-state index contributed by atoms with van der Waals surface area (Å²) in [6.07, 6.45) is -16.4. The van der Waals surface area contributed by atoms with E-state index in [0.29, 0.717) is 12.0 Å². The lowest BCUT2D eigenvalue weighted by Gasteiger charge is -2.28. The van der Waals surface area contributed by atoms with Crippen LogP contribution < -0.4 is 68.0 Å². The van der Waals surface area contributed by atoms with Gasteiger partial charge in [0.1, 0.15) is 116 Å². The van der Waals surface area contributed by atoms with E-state index in [1.54, 1.807) is 13.8 Å². The molecule has 18 rings (SSSR count). The number of aromatic nitrogens is 22. The second kappa shape index (κ2) is 44.0. The quantitative estimate of drug-likeness (QED) is 0.0190. The van der Waals surface area contributed by atoms with Gasteiger partial charge in [-0.1, -0.05) is 19.2 Å². The van der Waals surface area contributed by atoms with Crippen LogP contribution in [-0.2, 0) is 172 Å². The van der Waals surface area contributed by atoms with Crippen LogP contribution in [0.25, 0.3) is 44.7 Å². The molecule has 7 fully saturated rings. The van der Waals surface area contributed by atoms with Crippen molar-refractivity contribution in [1.82, 2.24) is 107 Å². The molecule has 11 aromatic heterocycles. The summed E-state index contributed by atoms with van der Waals surface area (Å²) in [5.41, 5.74) is 25.8. The van der Waals surface area contributed by atoms with Crippen LogP contribution in [0.3, 0.4) is 0 Å². The first-order chi connectivity index (χ1) is 69.9. The van der Waals surface area contributed by atoms with Gasteiger partial charge in [-0.2, -0.15) is 15.0 Å². The van der Waals surface area contributed by atoms with Crippen LogP contribution in [0.15, 0.2) is 90.1 Å². The molecular weight excluding hydrogens is 2240 g/mol. The molecule has 7 aliphatic heterocycles. The number of nitrogens with one attached hydrogen (secondary N) is 4. The fourth-order valence-electron chi connectivity index (χ4n) is 17.4. The molecule has 7 saturated heterocycles. The zero-order chi connectivity index (χ0) is 106. The van der Waals surface area contributed by atoms with E-state index in [-0.39, 0.29) is 130 Å². The topological polar surface area (TPSA) is 821 Å². The monoisotopic (exact) mass is 2340 g/mol. The minimum absolute atomic E-state index is 0.0204. The lowest BCUT2D eigenvalue weighted by Crippen LogP contribution is -2.33. The molecule has 804 valence electrons. The molecule has 0 saturated carbocycles. The van der Waals surface area contributed by atoms with Crippen molar-refractivity contribution < 1.29 is 130 Å². The van der Waals surface area contributed by atoms with Crippen LogP contribution in [0.4, 0.5) is 29.4 Å². The van der Waals surface area contributed by atoms with Crippen molar-refractivity contribution in [2.24, 2.45) is 0 Å². The number of thiol groups is 1. The summed E-state index contributed by atoms with van der Waals surface area (Å²) in [6, 6.07) is 0. The van der Waals surface area contributed by atoms with Crippen LogP contribution in [0, 0.1) is 20.8 Å². The van der Waals surface area contributed by atoms with Crippen molar-refractivity contribution >= 4 is 204 Å². The zero-order valence-corrected chi connectivity index (χ0v) is 89.3. The van der Waals surface area contributed by atoms with Crippen molar-refractivity contribution in [3.63, 3.8) is 0 Å². The third kappa shape index (κ3) is 24.8. The largest absolute Gasteiger partial charge is 0.386 e. The zero-order valence-electron chi connectivity index (χ0n) is 77.2. The molecule has 14 unspecified atom stereocenters. The van der Waals surface area contributed by atoms with Crippen molar-refractivity contribution in [2.75, 3.05) is 75.4 Å². The van der Waals surface area contributed by atoms with Gasteiger partial charge in [-0.3, -0.25) is 80.1 Å². The second-order valence-corrected chi connectivity index (χ2v) is 54.1. The van der Waals surface area contributed by atoms with Gasteiger partial charge in [0, 0.05) is 87.3 Å². The van der Waals surface area contributed by atoms with Crippen LogP contribution >= 0.6 is 59.4 Å². The minimum Gasteiger partial charge on any atom is -0.383 e. The molecule has 0 radical (unpaired) electrons. The Morgan fingerprint density at radius 2 is 0.642 bits per heavy atom. The average Bonchev–Trinajstić information content (AvgIpc) is 1.62. The van der Waals surface area contributed by atoms with E-state index in [4.69, 9.17) is 196 Å². The maximum atomic E-state index is 15.0. The highest BCUT2D eigenvalue weighted by molar-refractivity contribution is 8.44. The summed E-state index contributed by atoms with van der Waals surface area (Å²) in [7, 11) is 1.10. The Morgan fingerprint density at radius 3 is 0.980 bits per heavy atom. The molecule has 0 aromatic carbocycles. The van der Waals surface area contributed by atoms with Crippen molar-refractivity contribution in [3.8, 4) is 0 Å². The molecular formula is C72H94N27O35P7S7. The molecule has 18 heterocycles. The highest BCUT2D eigenvalue weighted by atomic mass is 32.7. The number of nitrogens with two attached hydrogens (primary N) is 5. The van der Waals surface area contributed by atoms with E-state index in [1.165, 1.54) is 86.9 Å². The standard InChI is InChI=1S/C72H94N27O35P7S7/c1-6-32-33(7-46(121-32)93-14-29(2)57(73)86-70(93)104)129-136(108,143)115-19-42-36(10-49(124-42)96-25-82-53-58(74)78-23-80-60(53)96)132-139(111,146)119-21-44-39(13-52(126-44)99-28-85-56-63(99)88-69(77)90-67(56)103)134-141(113,148)120-22-45-38(12-51(127-45)98-27-84-55-62(98)87-68(76)89-66(55)102)133-140(112,147)118-20-43-37(11-50(125-43)97-26-83-54-59(75)79-24-81-61(54)97)131-138(110,145)117-18-41-35(9-48(123-41)95-16-31(4)65(101)92-72(95)106)130-137(109,144)116-17-40-34(128-135(107,142)114-5)8-47(122-40)94-15-30(3)64(100)91-71(94)105/h14-16,23-28,32-52H,6-13,17-22H2,1-5H3,(H,107,142)(H,108,143)(H,109,144)(H,110,145)(H,111,146)(H,112,147)(H,113,148)(H2,73,86,104)(H2,74,78,80)(H2,75,79,81)(H,91,100,105)(H,92,101,106)(H3,76,87,89,102)(H3,77,88,90,103)/t32-,33?,34?,35?,36?,37?,38?,39?,40-,41-,42-,43-,44-,45-,46-,47-,48-,49-,50-,51-,52-,135?,136?,137?,138?,139?,140?,141?/m1/s1. The van der Waals surface area contributed by atoms with Crippen molar-refractivity contribution in [3.05, 3.63) is 146 Å². The van der Waals surface area contributed by atoms with Gasteiger partial charge in [0.25, 0.3) is 22.2 Å². The number of ether oxygens (including phenoxy) is 7. The number of hydrogen-bond donors (Lipinski definition) is 16. The Labute approximate surface area is 865 Å². The third-order valence-electron chi connectivity index (χ3n) is 24.5. The Kier molecular flexibility index (Phi) is 32.8. The number of hydrogen-bond acceptors (Lipinski definition) is 51. The normalized spacial score (nSPS) is 29.3. The summed E-state index contributed by atoms with van der Waals surface area (Å²) >= 11 is 37.9. The molecule has 76 heteroatoms. The highest BCUT2D eigenvalue weighted by Crippen LogP contribution is 2.61. The summed E-state index contributed by atoms with van der Waals surface area (Å²) in [4.78, 5) is 218. The minimum atomic E-state index is -4.76. The van der Waals surface area contributed by atoms with Gasteiger partial charge in [0.15, 0.2) is 45.3 Å². The summed E-state index contributed by atoms with van der Waals surface area (Å²) in [6.45, 7) is -29.9. The summed E-state index contributed by atoms with van der Waals surface area (Å²) in [5, 5.41) is 0. The second-order valence-electron chi connectivity index (χ2n) is 34.4. The van der Waals surface area contributed by atoms with Crippen LogP contribution in [0.1, 0.15) is 119 Å². The molecule has 0 spiro atoms. The number of aromatic amines is 4. The predicted molar refractivity (Wildman–Crippen MR) is 537 cm³/mol. The fraction of sp³-hybridized carbons (Fsp3) is 0.556. The Balaban J connectivity index is 0.570. The van der Waals surface area contributed by atoms with Crippen LogP contribution in [0.2, 0.25) is 0 Å². The van der Waals surface area contributed by atoms with E-state index in [9.17, 15) is 62.9 Å². The van der Waals surface area contributed by atoms with E-state index < -0.39 is 255 Å². The molecule has 28 atom stereocenters. The molecule has 0 aliphatic carbocycles. The lowest BCUT2D eigenvalue weighted by molar-refractivity contribution is -0.0564. The first-order valence-corrected chi connectivity index (χ1v) is 62.5. The van der Waals surface area contributed by atoms with Gasteiger partial charge in [-0.25, -0.2) is 58.8 Å². The SMILES string of the molecule is CC[C@H]1O[C@@H](n2cc(C)c(N)nc2=O)CC1OP(O)(=S)OC[C@H]1O[C@@H](n2cnc3c(N)ncnc32)CC1OP(=O)(S)OC[C@H]1O[C@@H](n2cnc3c(=O)[nH]c(N)nc32)CC1OP(O)(=S)OC[C@H]1O[C@@H](n2cnc3c(=O)[nH]c(N)nc32)CC1OP(O)(=S)OC[C@H]1O[C@@H](n2cnc3c(N)ncnc32)CC1OP(O)(=S)OC[C@H]1O[C@@H](n2cc(C)c(=O)[nH]c2=O)CC1OP(O)(=S)OC[C@H]1O[C@@H](n2cc(C)c(=O)[nH]c2=O)CC1OP(O)(=S)OC. The van der Waals surface area contributed by atoms with E-state index in [2.05, 4.69) is 87.0 Å². The Morgan fingerprint density at radius 1 is 0.358 bits per heavy atom. The molecule has 7 aliphatic rings. The summed E-state index contributed by atoms with van der Waals surface area (Å²) in [5.74, 6) is -0.600. The number of imidazole rings is 4. The number of nitrogens with zero attached hydrogens (tertiary/aromatic N) is 18. The van der Waals surface area contributed by atoms with E-state index in [1.807, 2.05) is 0 Å². The van der Waals surface area contributed by atoms with Gasteiger partial charge in [-0.05, 0) is 98.0 Å². The lowest BCUT2D eigenvalue weighted by atomic mass is 10.1. The van der Waals surface area contributed by atoms with Gasteiger partial charge >= 0.3 is 64.2 Å². The molecule has 11 aromatic rings.